The number of halogens is 2. The fourth-order valence-electron chi connectivity index (χ4n) is 2.39. The van der Waals surface area contributed by atoms with E-state index in [1.54, 1.807) is 23.1 Å². The molecule has 0 bridgehead atoms. The zero-order valence-electron chi connectivity index (χ0n) is 11.2. The summed E-state index contributed by atoms with van der Waals surface area (Å²) in [5, 5.41) is 0.872. The molecule has 0 aliphatic carbocycles. The van der Waals surface area contributed by atoms with Crippen LogP contribution >= 0.6 is 23.2 Å². The highest BCUT2D eigenvalue weighted by atomic mass is 35.5. The van der Waals surface area contributed by atoms with E-state index >= 15 is 0 Å². The van der Waals surface area contributed by atoms with Crippen LogP contribution in [0.2, 0.25) is 10.0 Å². The summed E-state index contributed by atoms with van der Waals surface area (Å²) in [7, 11) is 0. The van der Waals surface area contributed by atoms with Gasteiger partial charge in [0, 0.05) is 18.3 Å². The number of rotatable bonds is 3. The number of benzene rings is 2. The van der Waals surface area contributed by atoms with E-state index in [4.69, 9.17) is 27.9 Å². The van der Waals surface area contributed by atoms with Crippen LogP contribution in [0.4, 0.5) is 5.69 Å². The fourth-order valence-corrected chi connectivity index (χ4v) is 2.68. The van der Waals surface area contributed by atoms with Gasteiger partial charge in [-0.05, 0) is 30.2 Å². The highest BCUT2D eigenvalue weighted by molar-refractivity contribution is 6.42. The van der Waals surface area contributed by atoms with Crippen molar-refractivity contribution in [1.82, 2.24) is 0 Å². The summed E-state index contributed by atoms with van der Waals surface area (Å²) in [6.07, 6.45) is 0.884. The van der Waals surface area contributed by atoms with Crippen molar-refractivity contribution in [2.24, 2.45) is 0 Å². The minimum atomic E-state index is -0.0639. The van der Waals surface area contributed by atoms with E-state index in [9.17, 15) is 4.79 Å². The summed E-state index contributed by atoms with van der Waals surface area (Å²) < 4.78 is 5.50. The Morgan fingerprint density at radius 2 is 1.95 bits per heavy atom. The van der Waals surface area contributed by atoms with Gasteiger partial charge in [-0.2, -0.15) is 0 Å². The monoisotopic (exact) mass is 321 g/mol. The Morgan fingerprint density at radius 1 is 1.14 bits per heavy atom. The number of carbonyl (C=O) groups excluding carboxylic acids is 1. The molecule has 108 valence electrons. The SMILES string of the molecule is O=C(COc1ccc(Cl)c(Cl)c1)N1CCc2ccccc21. The van der Waals surface area contributed by atoms with E-state index in [1.807, 2.05) is 24.3 Å². The van der Waals surface area contributed by atoms with Crippen molar-refractivity contribution in [3.05, 3.63) is 58.1 Å². The third-order valence-electron chi connectivity index (χ3n) is 3.44. The molecule has 2 aromatic rings. The Bertz CT molecular complexity index is 688. The standard InChI is InChI=1S/C16H13Cl2NO2/c17-13-6-5-12(9-14(13)18)21-10-16(20)19-8-7-11-3-1-2-4-15(11)19/h1-6,9H,7-8,10H2. The number of ether oxygens (including phenoxy) is 1. The van der Waals surface area contributed by atoms with Gasteiger partial charge in [-0.3, -0.25) is 4.79 Å². The summed E-state index contributed by atoms with van der Waals surface area (Å²) in [4.78, 5) is 14.0. The van der Waals surface area contributed by atoms with Gasteiger partial charge in [-0.15, -0.1) is 0 Å². The van der Waals surface area contributed by atoms with Gasteiger partial charge < -0.3 is 9.64 Å². The lowest BCUT2D eigenvalue weighted by molar-refractivity contribution is -0.120. The van der Waals surface area contributed by atoms with Crippen LogP contribution in [-0.2, 0) is 11.2 Å². The Hall–Kier alpha value is -1.71. The molecule has 0 aromatic heterocycles. The lowest BCUT2D eigenvalue weighted by Gasteiger charge is -2.17. The second-order valence-electron chi connectivity index (χ2n) is 4.79. The Balaban J connectivity index is 1.66. The number of amides is 1. The molecule has 21 heavy (non-hydrogen) atoms. The molecule has 1 amide bonds. The van der Waals surface area contributed by atoms with Crippen molar-refractivity contribution in [2.75, 3.05) is 18.1 Å². The first kappa shape index (κ1) is 14.2. The first-order chi connectivity index (χ1) is 10.1. The average molecular weight is 322 g/mol. The molecule has 0 saturated carbocycles. The second-order valence-corrected chi connectivity index (χ2v) is 5.60. The summed E-state index contributed by atoms with van der Waals surface area (Å²) in [5.74, 6) is 0.469. The number of para-hydroxylation sites is 1. The molecule has 2 aromatic carbocycles. The molecular formula is C16H13Cl2NO2. The van der Waals surface area contributed by atoms with Gasteiger partial charge in [0.15, 0.2) is 6.61 Å². The van der Waals surface area contributed by atoms with E-state index in [-0.39, 0.29) is 12.5 Å². The molecule has 3 rings (SSSR count). The van der Waals surface area contributed by atoms with Crippen molar-refractivity contribution < 1.29 is 9.53 Å². The van der Waals surface area contributed by atoms with Crippen LogP contribution in [-0.4, -0.2) is 19.1 Å². The van der Waals surface area contributed by atoms with E-state index in [0.29, 0.717) is 22.3 Å². The number of anilines is 1. The highest BCUT2D eigenvalue weighted by Gasteiger charge is 2.24. The molecule has 1 aliphatic heterocycles. The van der Waals surface area contributed by atoms with Crippen LogP contribution in [0.1, 0.15) is 5.56 Å². The van der Waals surface area contributed by atoms with Crippen molar-refractivity contribution in [3.8, 4) is 5.75 Å². The Morgan fingerprint density at radius 3 is 2.76 bits per heavy atom. The maximum Gasteiger partial charge on any atom is 0.264 e. The molecule has 5 heteroatoms. The zero-order chi connectivity index (χ0) is 14.8. The minimum absolute atomic E-state index is 0.0215. The predicted molar refractivity (Wildman–Crippen MR) is 84.5 cm³/mol. The normalized spacial score (nSPS) is 13.1. The average Bonchev–Trinajstić information content (AvgIpc) is 2.92. The molecule has 0 N–H and O–H groups in total. The topological polar surface area (TPSA) is 29.5 Å². The minimum Gasteiger partial charge on any atom is -0.484 e. The smallest absolute Gasteiger partial charge is 0.264 e. The molecule has 0 fully saturated rings. The summed E-state index contributed by atoms with van der Waals surface area (Å²) in [6.45, 7) is 0.676. The maximum atomic E-state index is 12.3. The number of fused-ring (bicyclic) bond motifs is 1. The van der Waals surface area contributed by atoms with Crippen molar-refractivity contribution in [2.45, 2.75) is 6.42 Å². The molecule has 3 nitrogen and oxygen atoms in total. The summed E-state index contributed by atoms with van der Waals surface area (Å²) in [6, 6.07) is 12.9. The van der Waals surface area contributed by atoms with E-state index in [2.05, 4.69) is 0 Å². The van der Waals surface area contributed by atoms with Gasteiger partial charge in [0.05, 0.1) is 10.0 Å². The van der Waals surface area contributed by atoms with Gasteiger partial charge in [0.1, 0.15) is 5.75 Å². The van der Waals surface area contributed by atoms with Gasteiger partial charge >= 0.3 is 0 Å². The highest BCUT2D eigenvalue weighted by Crippen LogP contribution is 2.28. The fraction of sp³-hybridized carbons (Fsp3) is 0.188. The van der Waals surface area contributed by atoms with Gasteiger partial charge in [-0.25, -0.2) is 0 Å². The van der Waals surface area contributed by atoms with E-state index in [1.165, 1.54) is 5.56 Å². The maximum absolute atomic E-state index is 12.3. The van der Waals surface area contributed by atoms with Crippen molar-refractivity contribution in [3.63, 3.8) is 0 Å². The van der Waals surface area contributed by atoms with Crippen molar-refractivity contribution >= 4 is 34.8 Å². The molecular weight excluding hydrogens is 309 g/mol. The predicted octanol–water partition coefficient (Wildman–Crippen LogP) is 3.96. The number of carbonyl (C=O) groups is 1. The second kappa shape index (κ2) is 5.96. The molecule has 0 unspecified atom stereocenters. The Kier molecular flexibility index (Phi) is 4.04. The zero-order valence-corrected chi connectivity index (χ0v) is 12.7. The van der Waals surface area contributed by atoms with Crippen LogP contribution in [0, 0.1) is 0 Å². The number of nitrogens with zero attached hydrogens (tertiary/aromatic N) is 1. The summed E-state index contributed by atoms with van der Waals surface area (Å²) in [5.41, 5.74) is 2.17. The van der Waals surface area contributed by atoms with Crippen LogP contribution in [0.5, 0.6) is 5.75 Å². The third kappa shape index (κ3) is 2.99. The molecule has 0 atom stereocenters. The largest absolute Gasteiger partial charge is 0.484 e. The summed E-state index contributed by atoms with van der Waals surface area (Å²) >= 11 is 11.8. The van der Waals surface area contributed by atoms with Crippen molar-refractivity contribution in [1.29, 1.82) is 0 Å². The number of hydrogen-bond donors (Lipinski definition) is 0. The first-order valence-electron chi connectivity index (χ1n) is 6.61. The van der Waals surface area contributed by atoms with Crippen LogP contribution in [0.3, 0.4) is 0 Å². The van der Waals surface area contributed by atoms with E-state index < -0.39 is 0 Å². The molecule has 1 heterocycles. The third-order valence-corrected chi connectivity index (χ3v) is 4.18. The molecule has 0 radical (unpaired) electrons. The molecule has 1 aliphatic rings. The first-order valence-corrected chi connectivity index (χ1v) is 7.37. The van der Waals surface area contributed by atoms with Gasteiger partial charge in [0.25, 0.3) is 5.91 Å². The Labute approximate surface area is 133 Å². The number of hydrogen-bond acceptors (Lipinski definition) is 2. The lowest BCUT2D eigenvalue weighted by atomic mass is 10.2. The van der Waals surface area contributed by atoms with Crippen LogP contribution in [0.25, 0.3) is 0 Å². The lowest BCUT2D eigenvalue weighted by Crippen LogP contribution is -2.33. The molecule has 0 spiro atoms. The van der Waals surface area contributed by atoms with E-state index in [0.717, 1.165) is 12.1 Å². The van der Waals surface area contributed by atoms with Crippen LogP contribution in [0.15, 0.2) is 42.5 Å². The van der Waals surface area contributed by atoms with Gasteiger partial charge in [-0.1, -0.05) is 41.4 Å². The van der Waals surface area contributed by atoms with Gasteiger partial charge in [0.2, 0.25) is 0 Å². The van der Waals surface area contributed by atoms with Crippen LogP contribution < -0.4 is 9.64 Å². The quantitative estimate of drug-likeness (QED) is 0.856. The molecule has 0 saturated heterocycles.